The van der Waals surface area contributed by atoms with E-state index in [-0.39, 0.29) is 5.82 Å². The van der Waals surface area contributed by atoms with Gasteiger partial charge in [-0.25, -0.2) is 9.37 Å². The highest BCUT2D eigenvalue weighted by atomic mass is 19.1. The van der Waals surface area contributed by atoms with Gasteiger partial charge in [0.15, 0.2) is 0 Å². The van der Waals surface area contributed by atoms with Gasteiger partial charge in [0, 0.05) is 24.0 Å². The number of hydrogen-bond donors (Lipinski definition) is 2. The summed E-state index contributed by atoms with van der Waals surface area (Å²) in [6.07, 6.45) is 1.64. The van der Waals surface area contributed by atoms with Crippen molar-refractivity contribution in [2.45, 2.75) is 6.54 Å². The van der Waals surface area contributed by atoms with Gasteiger partial charge >= 0.3 is 0 Å². The van der Waals surface area contributed by atoms with Crippen LogP contribution in [0.4, 0.5) is 21.8 Å². The lowest BCUT2D eigenvalue weighted by Gasteiger charge is -2.10. The highest BCUT2D eigenvalue weighted by Gasteiger charge is 2.04. The summed E-state index contributed by atoms with van der Waals surface area (Å²) in [6, 6.07) is 25.5. The van der Waals surface area contributed by atoms with Crippen molar-refractivity contribution < 1.29 is 9.13 Å². The van der Waals surface area contributed by atoms with Crippen LogP contribution in [-0.4, -0.2) is 9.97 Å². The maximum absolute atomic E-state index is 13.7. The fourth-order valence-electron chi connectivity index (χ4n) is 2.70. The van der Waals surface area contributed by atoms with Crippen LogP contribution in [-0.2, 0) is 6.54 Å². The molecule has 1 aromatic heterocycles. The molecule has 0 radical (unpaired) electrons. The molecule has 5 nitrogen and oxygen atoms in total. The van der Waals surface area contributed by atoms with E-state index in [2.05, 4.69) is 20.6 Å². The van der Waals surface area contributed by atoms with Crippen molar-refractivity contribution in [2.75, 3.05) is 10.6 Å². The van der Waals surface area contributed by atoms with Crippen LogP contribution >= 0.6 is 0 Å². The fourth-order valence-corrected chi connectivity index (χ4v) is 2.70. The van der Waals surface area contributed by atoms with Gasteiger partial charge in [0.05, 0.1) is 0 Å². The summed E-state index contributed by atoms with van der Waals surface area (Å²) in [4.78, 5) is 8.65. The van der Waals surface area contributed by atoms with Gasteiger partial charge in [-0.05, 0) is 48.5 Å². The molecular weight excluding hydrogens is 367 g/mol. The van der Waals surface area contributed by atoms with Gasteiger partial charge in [-0.1, -0.05) is 36.4 Å². The Balaban J connectivity index is 1.38. The minimum Gasteiger partial charge on any atom is -0.457 e. The Bertz CT molecular complexity index is 1070. The van der Waals surface area contributed by atoms with Crippen molar-refractivity contribution in [3.8, 4) is 11.5 Å². The largest absolute Gasteiger partial charge is 0.457 e. The van der Waals surface area contributed by atoms with Gasteiger partial charge in [-0.3, -0.25) is 0 Å². The standard InChI is InChI=1S/C23H19FN4O/c24-21-9-5-4-6-17(21)16-26-22-14-15-25-23(28-22)27-18-10-12-20(13-11-18)29-19-7-2-1-3-8-19/h1-15H,16H2,(H2,25,26,27,28). The minimum atomic E-state index is -0.245. The number of hydrogen-bond acceptors (Lipinski definition) is 5. The van der Waals surface area contributed by atoms with Crippen LogP contribution in [0, 0.1) is 5.82 Å². The number of nitrogens with zero attached hydrogens (tertiary/aromatic N) is 2. The summed E-state index contributed by atoms with van der Waals surface area (Å²) in [6.45, 7) is 0.342. The molecule has 0 saturated heterocycles. The molecule has 0 bridgehead atoms. The average molecular weight is 386 g/mol. The molecule has 0 saturated carbocycles. The summed E-state index contributed by atoms with van der Waals surface area (Å²) in [7, 11) is 0. The van der Waals surface area contributed by atoms with Crippen molar-refractivity contribution >= 4 is 17.5 Å². The normalized spacial score (nSPS) is 10.4. The molecule has 0 aliphatic carbocycles. The lowest BCUT2D eigenvalue weighted by atomic mass is 10.2. The molecule has 29 heavy (non-hydrogen) atoms. The average Bonchev–Trinajstić information content (AvgIpc) is 2.76. The number of para-hydroxylation sites is 1. The summed E-state index contributed by atoms with van der Waals surface area (Å²) in [5.74, 6) is 2.33. The lowest BCUT2D eigenvalue weighted by molar-refractivity contribution is 0.483. The van der Waals surface area contributed by atoms with E-state index in [0.29, 0.717) is 23.9 Å². The summed E-state index contributed by atoms with van der Waals surface area (Å²) in [5.41, 5.74) is 1.41. The van der Waals surface area contributed by atoms with Gasteiger partial charge in [-0.15, -0.1) is 0 Å². The lowest BCUT2D eigenvalue weighted by Crippen LogP contribution is -2.05. The van der Waals surface area contributed by atoms with Crippen LogP contribution in [0.5, 0.6) is 11.5 Å². The molecule has 0 atom stereocenters. The predicted molar refractivity (Wildman–Crippen MR) is 112 cm³/mol. The van der Waals surface area contributed by atoms with E-state index in [4.69, 9.17) is 4.74 Å². The zero-order valence-corrected chi connectivity index (χ0v) is 15.5. The Morgan fingerprint density at radius 3 is 2.31 bits per heavy atom. The van der Waals surface area contributed by atoms with Crippen LogP contribution in [0.3, 0.4) is 0 Å². The van der Waals surface area contributed by atoms with Crippen LogP contribution in [0.15, 0.2) is 91.1 Å². The number of rotatable bonds is 7. The molecule has 4 aromatic rings. The number of halogens is 1. The molecule has 0 aliphatic rings. The molecule has 0 spiro atoms. The van der Waals surface area contributed by atoms with Crippen molar-refractivity contribution in [2.24, 2.45) is 0 Å². The molecule has 144 valence electrons. The van der Waals surface area contributed by atoms with Gasteiger partial charge < -0.3 is 15.4 Å². The minimum absolute atomic E-state index is 0.245. The number of ether oxygens (including phenoxy) is 1. The van der Waals surface area contributed by atoms with Crippen LogP contribution < -0.4 is 15.4 Å². The van der Waals surface area contributed by atoms with Crippen LogP contribution in [0.25, 0.3) is 0 Å². The van der Waals surface area contributed by atoms with Crippen LogP contribution in [0.2, 0.25) is 0 Å². The Kier molecular flexibility index (Phi) is 5.62. The van der Waals surface area contributed by atoms with E-state index in [9.17, 15) is 4.39 Å². The fraction of sp³-hybridized carbons (Fsp3) is 0.0435. The summed E-state index contributed by atoms with van der Waals surface area (Å²) in [5, 5.41) is 6.27. The summed E-state index contributed by atoms with van der Waals surface area (Å²) >= 11 is 0. The molecular formula is C23H19FN4O. The van der Waals surface area contributed by atoms with Gasteiger partial charge in [0.1, 0.15) is 23.1 Å². The number of anilines is 3. The highest BCUT2D eigenvalue weighted by molar-refractivity contribution is 5.56. The van der Waals surface area contributed by atoms with Gasteiger partial charge in [0.2, 0.25) is 5.95 Å². The van der Waals surface area contributed by atoms with Crippen molar-refractivity contribution in [3.63, 3.8) is 0 Å². The molecule has 0 fully saturated rings. The maximum atomic E-state index is 13.7. The first kappa shape index (κ1) is 18.4. The molecule has 4 rings (SSSR count). The number of benzene rings is 3. The van der Waals surface area contributed by atoms with Crippen molar-refractivity contribution in [1.82, 2.24) is 9.97 Å². The van der Waals surface area contributed by atoms with Crippen LogP contribution in [0.1, 0.15) is 5.56 Å². The Labute approximate surface area is 168 Å². The maximum Gasteiger partial charge on any atom is 0.229 e. The molecule has 3 aromatic carbocycles. The third kappa shape index (κ3) is 5.07. The third-order valence-electron chi connectivity index (χ3n) is 4.16. The zero-order chi connectivity index (χ0) is 19.9. The van der Waals surface area contributed by atoms with Gasteiger partial charge in [0.25, 0.3) is 0 Å². The third-order valence-corrected chi connectivity index (χ3v) is 4.16. The quantitative estimate of drug-likeness (QED) is 0.423. The first-order valence-electron chi connectivity index (χ1n) is 9.16. The smallest absolute Gasteiger partial charge is 0.229 e. The summed E-state index contributed by atoms with van der Waals surface area (Å²) < 4.78 is 19.5. The van der Waals surface area contributed by atoms with E-state index >= 15 is 0 Å². The van der Waals surface area contributed by atoms with E-state index in [0.717, 1.165) is 17.2 Å². The van der Waals surface area contributed by atoms with E-state index in [1.54, 1.807) is 30.5 Å². The number of aromatic nitrogens is 2. The van der Waals surface area contributed by atoms with Gasteiger partial charge in [-0.2, -0.15) is 4.98 Å². The molecule has 6 heteroatoms. The van der Waals surface area contributed by atoms with Crippen molar-refractivity contribution in [1.29, 1.82) is 0 Å². The zero-order valence-electron chi connectivity index (χ0n) is 15.5. The number of nitrogens with one attached hydrogen (secondary N) is 2. The molecule has 1 heterocycles. The second-order valence-corrected chi connectivity index (χ2v) is 6.27. The monoisotopic (exact) mass is 386 g/mol. The second kappa shape index (κ2) is 8.84. The Hall–Kier alpha value is -3.93. The molecule has 0 unspecified atom stereocenters. The first-order chi connectivity index (χ1) is 14.3. The van der Waals surface area contributed by atoms with E-state index in [1.165, 1.54) is 6.07 Å². The van der Waals surface area contributed by atoms with Crippen molar-refractivity contribution in [3.05, 3.63) is 103 Å². The Morgan fingerprint density at radius 1 is 0.793 bits per heavy atom. The van der Waals surface area contributed by atoms with E-state index in [1.807, 2.05) is 54.6 Å². The first-order valence-corrected chi connectivity index (χ1v) is 9.16. The molecule has 0 amide bonds. The SMILES string of the molecule is Fc1ccccc1CNc1ccnc(Nc2ccc(Oc3ccccc3)cc2)n1. The van der Waals surface area contributed by atoms with E-state index < -0.39 is 0 Å². The topological polar surface area (TPSA) is 59.1 Å². The Morgan fingerprint density at radius 2 is 1.52 bits per heavy atom. The molecule has 2 N–H and O–H groups in total. The second-order valence-electron chi connectivity index (χ2n) is 6.27. The predicted octanol–water partition coefficient (Wildman–Crippen LogP) is 5.76. The molecule has 0 aliphatic heterocycles. The highest BCUT2D eigenvalue weighted by Crippen LogP contribution is 2.23.